The molecular formula is C24H23NO3. The zero-order chi connectivity index (χ0) is 19.7. The average molecular weight is 373 g/mol. The first kappa shape index (κ1) is 18.4. The number of ketones is 1. The number of rotatable bonds is 5. The molecule has 0 bridgehead atoms. The van der Waals surface area contributed by atoms with E-state index in [2.05, 4.69) is 4.98 Å². The number of fused-ring (bicyclic) bond motifs is 2. The number of para-hydroxylation sites is 1. The van der Waals surface area contributed by atoms with Crippen LogP contribution in [0.15, 0.2) is 42.5 Å². The van der Waals surface area contributed by atoms with Gasteiger partial charge in [0.25, 0.3) is 0 Å². The molecule has 0 unspecified atom stereocenters. The number of hydrogen-bond donors (Lipinski definition) is 0. The van der Waals surface area contributed by atoms with Crippen LogP contribution < -0.4 is 0 Å². The first-order chi connectivity index (χ1) is 13.6. The van der Waals surface area contributed by atoms with E-state index in [1.165, 1.54) is 11.1 Å². The van der Waals surface area contributed by atoms with Crippen LogP contribution in [0.2, 0.25) is 0 Å². The minimum Gasteiger partial charge on any atom is -0.454 e. The first-order valence-corrected chi connectivity index (χ1v) is 9.78. The maximum absolute atomic E-state index is 12.8. The fraction of sp³-hybridized carbons (Fsp3) is 0.292. The molecule has 0 saturated heterocycles. The van der Waals surface area contributed by atoms with Crippen LogP contribution in [0, 0.1) is 6.92 Å². The monoisotopic (exact) mass is 373 g/mol. The van der Waals surface area contributed by atoms with Gasteiger partial charge in [0.2, 0.25) is 0 Å². The standard InChI is InChI=1S/C24H23NO3/c1-3-20-23(15(2)19-9-4-5-10-21(19)25-20)24(27)28-14-22(26)18-12-11-16-7-6-8-17(16)13-18/h4-5,9-13H,3,6-8,14H2,1-2H3. The van der Waals surface area contributed by atoms with Crippen molar-refractivity contribution in [3.05, 3.63) is 76.0 Å². The van der Waals surface area contributed by atoms with Crippen molar-refractivity contribution in [1.82, 2.24) is 4.98 Å². The minimum absolute atomic E-state index is 0.174. The van der Waals surface area contributed by atoms with E-state index < -0.39 is 5.97 Å². The van der Waals surface area contributed by atoms with Crippen LogP contribution in [0.1, 0.15) is 56.4 Å². The van der Waals surface area contributed by atoms with E-state index in [1.54, 1.807) is 0 Å². The van der Waals surface area contributed by atoms with Gasteiger partial charge in [0.1, 0.15) is 0 Å². The average Bonchev–Trinajstić information content (AvgIpc) is 3.19. The Bertz CT molecular complexity index is 1080. The van der Waals surface area contributed by atoms with Gasteiger partial charge in [-0.2, -0.15) is 0 Å². The summed E-state index contributed by atoms with van der Waals surface area (Å²) in [5.74, 6) is -0.658. The largest absolute Gasteiger partial charge is 0.454 e. The van der Waals surface area contributed by atoms with Gasteiger partial charge < -0.3 is 4.74 Å². The van der Waals surface area contributed by atoms with Crippen molar-refractivity contribution in [2.45, 2.75) is 39.5 Å². The fourth-order valence-electron chi connectivity index (χ4n) is 4.00. The van der Waals surface area contributed by atoms with Gasteiger partial charge >= 0.3 is 5.97 Å². The Labute approximate surface area is 164 Å². The third kappa shape index (κ3) is 3.31. The van der Waals surface area contributed by atoms with E-state index >= 15 is 0 Å². The molecule has 0 fully saturated rings. The molecule has 0 aliphatic heterocycles. The highest BCUT2D eigenvalue weighted by Crippen LogP contribution is 2.25. The lowest BCUT2D eigenvalue weighted by Gasteiger charge is -2.13. The summed E-state index contributed by atoms with van der Waals surface area (Å²) in [6.45, 7) is 3.61. The fourth-order valence-corrected chi connectivity index (χ4v) is 4.00. The lowest BCUT2D eigenvalue weighted by atomic mass is 10.0. The van der Waals surface area contributed by atoms with Gasteiger partial charge in [0, 0.05) is 10.9 Å². The van der Waals surface area contributed by atoms with Crippen LogP contribution >= 0.6 is 0 Å². The summed E-state index contributed by atoms with van der Waals surface area (Å²) in [7, 11) is 0. The second-order valence-corrected chi connectivity index (χ2v) is 7.27. The number of pyridine rings is 1. The number of carbonyl (C=O) groups is 2. The number of benzene rings is 2. The molecule has 4 nitrogen and oxygen atoms in total. The third-order valence-corrected chi connectivity index (χ3v) is 5.52. The predicted octanol–water partition coefficient (Wildman–Crippen LogP) is 4.63. The summed E-state index contributed by atoms with van der Waals surface area (Å²) in [4.78, 5) is 30.0. The molecule has 0 atom stereocenters. The molecule has 0 N–H and O–H groups in total. The SMILES string of the molecule is CCc1nc2ccccc2c(C)c1C(=O)OCC(=O)c1ccc2c(c1)CCC2. The molecule has 0 radical (unpaired) electrons. The maximum Gasteiger partial charge on any atom is 0.340 e. The zero-order valence-corrected chi connectivity index (χ0v) is 16.2. The van der Waals surface area contributed by atoms with Crippen LogP contribution in [-0.2, 0) is 24.0 Å². The van der Waals surface area contributed by atoms with Crippen LogP contribution in [-0.4, -0.2) is 23.3 Å². The number of hydrogen-bond acceptors (Lipinski definition) is 4. The third-order valence-electron chi connectivity index (χ3n) is 5.52. The number of Topliss-reactive ketones (excluding diaryl/α,β-unsaturated/α-hetero) is 1. The molecule has 0 spiro atoms. The molecule has 0 saturated carbocycles. The number of nitrogens with zero attached hydrogens (tertiary/aromatic N) is 1. The molecule has 142 valence electrons. The summed E-state index contributed by atoms with van der Waals surface area (Å²) in [6, 6.07) is 13.5. The molecule has 4 rings (SSSR count). The molecule has 2 aromatic carbocycles. The maximum atomic E-state index is 12.8. The lowest BCUT2D eigenvalue weighted by Crippen LogP contribution is -2.17. The molecule has 4 heteroatoms. The van der Waals surface area contributed by atoms with Crippen molar-refractivity contribution in [2.24, 2.45) is 0 Å². The molecule has 1 aliphatic carbocycles. The van der Waals surface area contributed by atoms with Gasteiger partial charge in [-0.3, -0.25) is 9.78 Å². The zero-order valence-electron chi connectivity index (χ0n) is 16.2. The summed E-state index contributed by atoms with van der Waals surface area (Å²) in [5, 5.41) is 0.927. The van der Waals surface area contributed by atoms with Crippen molar-refractivity contribution in [1.29, 1.82) is 0 Å². The Balaban J connectivity index is 1.55. The number of aryl methyl sites for hydroxylation is 4. The second kappa shape index (κ2) is 7.55. The van der Waals surface area contributed by atoms with Gasteiger partial charge in [0.05, 0.1) is 16.8 Å². The summed E-state index contributed by atoms with van der Waals surface area (Å²) in [6.07, 6.45) is 3.84. The Morgan fingerprint density at radius 1 is 1.07 bits per heavy atom. The molecule has 0 amide bonds. The molecule has 3 aromatic rings. The number of ether oxygens (including phenoxy) is 1. The van der Waals surface area contributed by atoms with Crippen LogP contribution in [0.5, 0.6) is 0 Å². The Morgan fingerprint density at radius 2 is 1.86 bits per heavy atom. The van der Waals surface area contributed by atoms with Crippen LogP contribution in [0.4, 0.5) is 0 Å². The number of carbonyl (C=O) groups excluding carboxylic acids is 2. The lowest BCUT2D eigenvalue weighted by molar-refractivity contribution is 0.0472. The van der Waals surface area contributed by atoms with Gasteiger partial charge in [-0.05, 0) is 61.4 Å². The van der Waals surface area contributed by atoms with Crippen molar-refractivity contribution in [2.75, 3.05) is 6.61 Å². The number of aromatic nitrogens is 1. The van der Waals surface area contributed by atoms with Gasteiger partial charge in [-0.25, -0.2) is 4.79 Å². The molecule has 1 aliphatic rings. The van der Waals surface area contributed by atoms with E-state index in [9.17, 15) is 9.59 Å². The van der Waals surface area contributed by atoms with Crippen LogP contribution in [0.3, 0.4) is 0 Å². The van der Waals surface area contributed by atoms with Gasteiger partial charge in [0.15, 0.2) is 12.4 Å². The van der Waals surface area contributed by atoms with Crippen molar-refractivity contribution in [3.8, 4) is 0 Å². The van der Waals surface area contributed by atoms with Crippen LogP contribution in [0.25, 0.3) is 10.9 Å². The predicted molar refractivity (Wildman–Crippen MR) is 109 cm³/mol. The van der Waals surface area contributed by atoms with Crippen molar-refractivity contribution >= 4 is 22.7 Å². The first-order valence-electron chi connectivity index (χ1n) is 9.78. The minimum atomic E-state index is -0.484. The quantitative estimate of drug-likeness (QED) is 0.483. The normalized spacial score (nSPS) is 12.8. The smallest absolute Gasteiger partial charge is 0.340 e. The molecule has 1 aromatic heterocycles. The van der Waals surface area contributed by atoms with Crippen molar-refractivity contribution in [3.63, 3.8) is 0 Å². The van der Waals surface area contributed by atoms with Gasteiger partial charge in [-0.15, -0.1) is 0 Å². The highest BCUT2D eigenvalue weighted by atomic mass is 16.5. The summed E-state index contributed by atoms with van der Waals surface area (Å²) >= 11 is 0. The Morgan fingerprint density at radius 3 is 2.68 bits per heavy atom. The Hall–Kier alpha value is -3.01. The molecule has 28 heavy (non-hydrogen) atoms. The summed E-state index contributed by atoms with van der Waals surface area (Å²) < 4.78 is 5.41. The summed E-state index contributed by atoms with van der Waals surface area (Å²) in [5.41, 5.74) is 6.05. The van der Waals surface area contributed by atoms with Crippen molar-refractivity contribution < 1.29 is 14.3 Å². The second-order valence-electron chi connectivity index (χ2n) is 7.27. The number of esters is 1. The van der Waals surface area contributed by atoms with E-state index in [4.69, 9.17) is 4.74 Å². The van der Waals surface area contributed by atoms with E-state index in [1.807, 2.05) is 56.3 Å². The highest BCUT2D eigenvalue weighted by molar-refractivity contribution is 6.02. The topological polar surface area (TPSA) is 56.3 Å². The van der Waals surface area contributed by atoms with E-state index in [0.717, 1.165) is 35.7 Å². The molecule has 1 heterocycles. The Kier molecular flexibility index (Phi) is 4.95. The van der Waals surface area contributed by atoms with E-state index in [0.29, 0.717) is 23.2 Å². The van der Waals surface area contributed by atoms with E-state index in [-0.39, 0.29) is 12.4 Å². The van der Waals surface area contributed by atoms with Gasteiger partial charge in [-0.1, -0.05) is 37.3 Å². The highest BCUT2D eigenvalue weighted by Gasteiger charge is 2.21. The molecular weight excluding hydrogens is 350 g/mol.